The average molecular weight is 289 g/mol. The maximum atomic E-state index is 5.40. The number of ether oxygens (including phenoxy) is 1. The Morgan fingerprint density at radius 2 is 2.12 bits per heavy atom. The molecule has 0 aromatic rings. The van der Waals surface area contributed by atoms with Gasteiger partial charge in [-0.3, -0.25) is 0 Å². The molecule has 0 bridgehead atoms. The summed E-state index contributed by atoms with van der Waals surface area (Å²) >= 11 is 3.69. The summed E-state index contributed by atoms with van der Waals surface area (Å²) in [6, 6.07) is 0. The Bertz CT molecular complexity index is 239. The minimum Gasteiger partial charge on any atom is -0.387 e. The van der Waals surface area contributed by atoms with Gasteiger partial charge >= 0.3 is 0 Å². The molecule has 0 aromatic carbocycles. The SMILES string of the molecule is CO[C@H]1CC[C@H](CN2C=CNCC2Br)CC1. The predicted molar refractivity (Wildman–Crippen MR) is 69.3 cm³/mol. The van der Waals surface area contributed by atoms with E-state index in [2.05, 4.69) is 32.3 Å². The molecule has 2 rings (SSSR count). The molecule has 0 aromatic heterocycles. The molecule has 1 saturated carbocycles. The fourth-order valence-electron chi connectivity index (χ4n) is 2.55. The molecular formula is C12H21BrN2O. The van der Waals surface area contributed by atoms with Crippen LogP contribution in [0.25, 0.3) is 0 Å². The van der Waals surface area contributed by atoms with Gasteiger partial charge in [-0.1, -0.05) is 15.9 Å². The zero-order valence-corrected chi connectivity index (χ0v) is 11.4. The molecule has 0 spiro atoms. The second-order valence-electron chi connectivity index (χ2n) is 4.73. The first-order valence-electron chi connectivity index (χ1n) is 6.12. The molecule has 4 heteroatoms. The molecule has 1 aliphatic carbocycles. The van der Waals surface area contributed by atoms with Crippen LogP contribution < -0.4 is 5.32 Å². The number of hydrogen-bond donors (Lipinski definition) is 1. The summed E-state index contributed by atoms with van der Waals surface area (Å²) in [7, 11) is 1.83. The van der Waals surface area contributed by atoms with E-state index in [1.54, 1.807) is 0 Å². The van der Waals surface area contributed by atoms with Gasteiger partial charge in [0.15, 0.2) is 0 Å². The summed E-state index contributed by atoms with van der Waals surface area (Å²) in [5, 5.41) is 3.23. The summed E-state index contributed by atoms with van der Waals surface area (Å²) in [5.74, 6) is 0.828. The fourth-order valence-corrected chi connectivity index (χ4v) is 3.04. The number of nitrogens with zero attached hydrogens (tertiary/aromatic N) is 1. The third kappa shape index (κ3) is 3.14. The molecular weight excluding hydrogens is 268 g/mol. The smallest absolute Gasteiger partial charge is 0.101 e. The number of nitrogens with one attached hydrogen (secondary N) is 1. The highest BCUT2D eigenvalue weighted by Gasteiger charge is 2.24. The highest BCUT2D eigenvalue weighted by Crippen LogP contribution is 2.27. The molecule has 1 aliphatic heterocycles. The molecule has 16 heavy (non-hydrogen) atoms. The van der Waals surface area contributed by atoms with Crippen LogP contribution in [0.4, 0.5) is 0 Å². The molecule has 92 valence electrons. The predicted octanol–water partition coefficient (Wildman–Crippen LogP) is 2.29. The Morgan fingerprint density at radius 3 is 2.75 bits per heavy atom. The summed E-state index contributed by atoms with van der Waals surface area (Å²) in [6.45, 7) is 2.16. The second-order valence-corrected chi connectivity index (χ2v) is 5.79. The number of rotatable bonds is 3. The lowest BCUT2D eigenvalue weighted by Crippen LogP contribution is -2.41. The van der Waals surface area contributed by atoms with E-state index in [0.29, 0.717) is 11.1 Å². The summed E-state index contributed by atoms with van der Waals surface area (Å²) < 4.78 is 5.40. The minimum atomic E-state index is 0.442. The van der Waals surface area contributed by atoms with Crippen LogP contribution in [0, 0.1) is 5.92 Å². The third-order valence-corrected chi connectivity index (χ3v) is 4.48. The molecule has 1 fully saturated rings. The van der Waals surface area contributed by atoms with Crippen molar-refractivity contribution in [1.82, 2.24) is 10.2 Å². The standard InChI is InChI=1S/C12H21BrN2O/c1-16-11-4-2-10(3-5-11)9-15-7-6-14-8-12(15)13/h6-7,10-12,14H,2-5,8-9H2,1H3/t10-,11-,12?. The minimum absolute atomic E-state index is 0.442. The van der Waals surface area contributed by atoms with E-state index in [1.165, 1.54) is 32.2 Å². The monoisotopic (exact) mass is 288 g/mol. The van der Waals surface area contributed by atoms with Gasteiger partial charge in [0.1, 0.15) is 4.95 Å². The molecule has 0 saturated heterocycles. The number of hydrogen-bond acceptors (Lipinski definition) is 3. The first-order valence-corrected chi connectivity index (χ1v) is 7.04. The molecule has 1 N–H and O–H groups in total. The van der Waals surface area contributed by atoms with E-state index in [1.807, 2.05) is 13.3 Å². The van der Waals surface area contributed by atoms with Gasteiger partial charge in [0.2, 0.25) is 0 Å². The quantitative estimate of drug-likeness (QED) is 0.637. The van der Waals surface area contributed by atoms with Crippen molar-refractivity contribution in [2.75, 3.05) is 20.2 Å². The van der Waals surface area contributed by atoms with Crippen LogP contribution in [0.2, 0.25) is 0 Å². The zero-order chi connectivity index (χ0) is 11.4. The van der Waals surface area contributed by atoms with Crippen LogP contribution >= 0.6 is 15.9 Å². The van der Waals surface area contributed by atoms with Crippen LogP contribution in [-0.4, -0.2) is 36.2 Å². The molecule has 1 atom stereocenters. The first kappa shape index (κ1) is 12.2. The van der Waals surface area contributed by atoms with Crippen molar-refractivity contribution in [2.45, 2.75) is 36.7 Å². The lowest BCUT2D eigenvalue weighted by molar-refractivity contribution is 0.0519. The van der Waals surface area contributed by atoms with E-state index < -0.39 is 0 Å². The van der Waals surface area contributed by atoms with E-state index in [-0.39, 0.29) is 0 Å². The van der Waals surface area contributed by atoms with Crippen molar-refractivity contribution < 1.29 is 4.74 Å². The molecule has 1 unspecified atom stereocenters. The maximum Gasteiger partial charge on any atom is 0.101 e. The molecule has 2 aliphatic rings. The van der Waals surface area contributed by atoms with Gasteiger partial charge in [0.05, 0.1) is 6.10 Å². The van der Waals surface area contributed by atoms with Crippen molar-refractivity contribution in [1.29, 1.82) is 0 Å². The Balaban J connectivity index is 1.77. The van der Waals surface area contributed by atoms with Crippen LogP contribution in [0.3, 0.4) is 0 Å². The lowest BCUT2D eigenvalue weighted by Gasteiger charge is -2.35. The fraction of sp³-hybridized carbons (Fsp3) is 0.833. The largest absolute Gasteiger partial charge is 0.387 e. The van der Waals surface area contributed by atoms with Crippen molar-refractivity contribution in [3.8, 4) is 0 Å². The Labute approximate surface area is 106 Å². The van der Waals surface area contributed by atoms with E-state index in [4.69, 9.17) is 4.74 Å². The lowest BCUT2D eigenvalue weighted by atomic mass is 9.87. The summed E-state index contributed by atoms with van der Waals surface area (Å²) in [6.07, 6.45) is 9.76. The highest BCUT2D eigenvalue weighted by molar-refractivity contribution is 9.09. The van der Waals surface area contributed by atoms with Crippen molar-refractivity contribution in [2.24, 2.45) is 5.92 Å². The third-order valence-electron chi connectivity index (χ3n) is 3.63. The van der Waals surface area contributed by atoms with Gasteiger partial charge in [-0.2, -0.15) is 0 Å². The first-order chi connectivity index (χ1) is 7.79. The second kappa shape index (κ2) is 5.92. The molecule has 0 radical (unpaired) electrons. The number of halogens is 1. The van der Waals surface area contributed by atoms with Crippen molar-refractivity contribution >= 4 is 15.9 Å². The van der Waals surface area contributed by atoms with Gasteiger partial charge in [0.25, 0.3) is 0 Å². The Kier molecular flexibility index (Phi) is 4.53. The topological polar surface area (TPSA) is 24.5 Å². The molecule has 1 heterocycles. The Hall–Kier alpha value is -0.220. The van der Waals surface area contributed by atoms with E-state index in [0.717, 1.165) is 12.5 Å². The van der Waals surface area contributed by atoms with Crippen LogP contribution in [-0.2, 0) is 4.74 Å². The highest BCUT2D eigenvalue weighted by atomic mass is 79.9. The zero-order valence-electron chi connectivity index (χ0n) is 9.86. The van der Waals surface area contributed by atoms with Gasteiger partial charge in [-0.05, 0) is 31.6 Å². The number of methoxy groups -OCH3 is 1. The summed E-state index contributed by atoms with van der Waals surface area (Å²) in [4.78, 5) is 2.84. The van der Waals surface area contributed by atoms with Crippen LogP contribution in [0.5, 0.6) is 0 Å². The van der Waals surface area contributed by atoms with Gasteiger partial charge in [0, 0.05) is 32.6 Å². The maximum absolute atomic E-state index is 5.40. The number of alkyl halides is 1. The van der Waals surface area contributed by atoms with Crippen LogP contribution in [0.1, 0.15) is 25.7 Å². The normalized spacial score (nSPS) is 34.9. The Morgan fingerprint density at radius 1 is 1.38 bits per heavy atom. The van der Waals surface area contributed by atoms with Gasteiger partial charge in [-0.15, -0.1) is 0 Å². The van der Waals surface area contributed by atoms with Crippen LogP contribution in [0.15, 0.2) is 12.4 Å². The van der Waals surface area contributed by atoms with Crippen molar-refractivity contribution in [3.63, 3.8) is 0 Å². The van der Waals surface area contributed by atoms with E-state index in [9.17, 15) is 0 Å². The van der Waals surface area contributed by atoms with Gasteiger partial charge in [-0.25, -0.2) is 0 Å². The molecule has 3 nitrogen and oxygen atoms in total. The van der Waals surface area contributed by atoms with E-state index >= 15 is 0 Å². The average Bonchev–Trinajstić information content (AvgIpc) is 2.33. The summed E-state index contributed by atoms with van der Waals surface area (Å²) in [5.41, 5.74) is 0. The van der Waals surface area contributed by atoms with Gasteiger partial charge < -0.3 is 15.0 Å². The molecule has 0 amide bonds. The van der Waals surface area contributed by atoms with Crippen molar-refractivity contribution in [3.05, 3.63) is 12.4 Å².